The molecule has 0 bridgehead atoms. The number of nitrogen functional groups attached to an aromatic ring is 1. The van der Waals surface area contributed by atoms with E-state index in [0.29, 0.717) is 0 Å². The van der Waals surface area contributed by atoms with E-state index in [4.69, 9.17) is 21.0 Å². The van der Waals surface area contributed by atoms with Crippen molar-refractivity contribution in [1.82, 2.24) is 15.0 Å². The zero-order valence-electron chi connectivity index (χ0n) is 17.1. The predicted octanol–water partition coefficient (Wildman–Crippen LogP) is 3.76. The quantitative estimate of drug-likeness (QED) is 0.426. The predicted molar refractivity (Wildman–Crippen MR) is 112 cm³/mol. The first-order chi connectivity index (χ1) is 14.9. The van der Waals surface area contributed by atoms with Crippen molar-refractivity contribution in [3.05, 3.63) is 41.5 Å². The van der Waals surface area contributed by atoms with Gasteiger partial charge in [-0.25, -0.2) is 23.7 Å². The lowest BCUT2D eigenvalue weighted by Gasteiger charge is -2.42. The smallest absolute Gasteiger partial charge is 0.290 e. The highest BCUT2D eigenvalue weighted by Gasteiger charge is 2.43. The minimum absolute atomic E-state index is 0.00558. The third kappa shape index (κ3) is 4.95. The Kier molecular flexibility index (Phi) is 7.09. The molecule has 2 aromatic rings. The molecule has 8 nitrogen and oxygen atoms in total. The molecule has 1 spiro atoms. The molecular formula is C21H26F2N6O2. The molecule has 0 saturated heterocycles. The maximum Gasteiger partial charge on any atom is 0.290 e. The molecule has 4 rings (SSSR count). The summed E-state index contributed by atoms with van der Waals surface area (Å²) in [6, 6.07) is 1.27. The highest BCUT2D eigenvalue weighted by molar-refractivity contribution is 6.11. The number of nitrogens with two attached hydrogens (primary N) is 1. The second-order valence-corrected chi connectivity index (χ2v) is 7.97. The molecule has 2 aliphatic rings. The monoisotopic (exact) mass is 432 g/mol. The molecule has 10 heteroatoms. The summed E-state index contributed by atoms with van der Waals surface area (Å²) < 4.78 is 28.0. The van der Waals surface area contributed by atoms with E-state index in [1.807, 2.05) is 0 Å². The fraction of sp³-hybridized carbons (Fsp3) is 0.476. The standard InChI is InChI=1S/C20H24F2N6.CH2O2/c21-12-9-13(17(24)25-10-12)16(23)19-26-11-14(22)18(28-19)27-15-5-1-2-6-20(15)7-3-4-8-20;2-1-3/h9-11,15,23H,1-8H2,(H2,24,25)(H,26,27,28);1H,(H,2,3). The van der Waals surface area contributed by atoms with Crippen LogP contribution in [0.2, 0.25) is 0 Å². The van der Waals surface area contributed by atoms with Crippen LogP contribution in [0.4, 0.5) is 20.4 Å². The van der Waals surface area contributed by atoms with Crippen molar-refractivity contribution >= 4 is 23.8 Å². The first-order valence-corrected chi connectivity index (χ1v) is 10.3. The molecule has 2 saturated carbocycles. The molecule has 166 valence electrons. The van der Waals surface area contributed by atoms with E-state index in [1.54, 1.807) is 0 Å². The molecule has 2 heterocycles. The van der Waals surface area contributed by atoms with Gasteiger partial charge in [-0.05, 0) is 37.2 Å². The van der Waals surface area contributed by atoms with E-state index >= 15 is 0 Å². The number of anilines is 2. The average molecular weight is 432 g/mol. The highest BCUT2D eigenvalue weighted by atomic mass is 19.1. The number of hydrogen-bond acceptors (Lipinski definition) is 7. The average Bonchev–Trinajstić information content (AvgIpc) is 3.22. The largest absolute Gasteiger partial charge is 0.483 e. The van der Waals surface area contributed by atoms with E-state index in [2.05, 4.69) is 20.3 Å². The molecule has 0 aromatic carbocycles. The third-order valence-corrected chi connectivity index (χ3v) is 6.19. The van der Waals surface area contributed by atoms with Gasteiger partial charge in [0.05, 0.1) is 12.4 Å². The fourth-order valence-electron chi connectivity index (χ4n) is 4.73. The summed E-state index contributed by atoms with van der Waals surface area (Å²) in [5, 5.41) is 18.5. The zero-order chi connectivity index (χ0) is 22.4. The number of carbonyl (C=O) groups is 1. The molecule has 2 aliphatic carbocycles. The SMILES string of the molecule is N=C(c1ncc(F)c(NC2CCCCC23CCCC3)n1)c1cc(F)cnc1N.O=CO. The maximum absolute atomic E-state index is 14.5. The van der Waals surface area contributed by atoms with Gasteiger partial charge in [0.25, 0.3) is 6.47 Å². The molecule has 2 fully saturated rings. The number of carboxylic acid groups (broad SMARTS) is 1. The molecule has 0 aliphatic heterocycles. The van der Waals surface area contributed by atoms with Gasteiger partial charge in [0, 0.05) is 11.6 Å². The summed E-state index contributed by atoms with van der Waals surface area (Å²) in [5.74, 6) is -1.08. The van der Waals surface area contributed by atoms with Gasteiger partial charge in [0.15, 0.2) is 17.5 Å². The third-order valence-electron chi connectivity index (χ3n) is 6.19. The lowest BCUT2D eigenvalue weighted by Crippen LogP contribution is -2.41. The Morgan fingerprint density at radius 1 is 1.19 bits per heavy atom. The van der Waals surface area contributed by atoms with Crippen molar-refractivity contribution in [3.8, 4) is 0 Å². The van der Waals surface area contributed by atoms with Crippen LogP contribution in [0.15, 0.2) is 18.5 Å². The van der Waals surface area contributed by atoms with Crippen molar-refractivity contribution in [2.24, 2.45) is 5.41 Å². The van der Waals surface area contributed by atoms with Crippen LogP contribution in [-0.2, 0) is 4.79 Å². The Labute approximate surface area is 178 Å². The molecule has 1 atom stereocenters. The summed E-state index contributed by atoms with van der Waals surface area (Å²) in [6.45, 7) is -0.250. The highest BCUT2D eigenvalue weighted by Crippen LogP contribution is 2.49. The first kappa shape index (κ1) is 22.5. The van der Waals surface area contributed by atoms with Gasteiger partial charge in [-0.3, -0.25) is 10.2 Å². The summed E-state index contributed by atoms with van der Waals surface area (Å²) in [4.78, 5) is 20.2. The Morgan fingerprint density at radius 3 is 2.52 bits per heavy atom. The second-order valence-electron chi connectivity index (χ2n) is 7.97. The van der Waals surface area contributed by atoms with Crippen LogP contribution >= 0.6 is 0 Å². The lowest BCUT2D eigenvalue weighted by atomic mass is 9.69. The van der Waals surface area contributed by atoms with Crippen LogP contribution in [0.3, 0.4) is 0 Å². The minimum Gasteiger partial charge on any atom is -0.483 e. The van der Waals surface area contributed by atoms with E-state index in [1.165, 1.54) is 19.3 Å². The van der Waals surface area contributed by atoms with Crippen molar-refractivity contribution in [3.63, 3.8) is 0 Å². The molecule has 2 aromatic heterocycles. The Balaban J connectivity index is 0.000000858. The normalized spacial score (nSPS) is 19.4. The van der Waals surface area contributed by atoms with E-state index < -0.39 is 11.6 Å². The summed E-state index contributed by atoms with van der Waals surface area (Å²) in [5.41, 5.74) is 5.87. The Hall–Kier alpha value is -3.17. The van der Waals surface area contributed by atoms with Gasteiger partial charge in [-0.1, -0.05) is 25.7 Å². The van der Waals surface area contributed by atoms with Gasteiger partial charge in [0.2, 0.25) is 0 Å². The Morgan fingerprint density at radius 2 is 1.84 bits per heavy atom. The van der Waals surface area contributed by atoms with Crippen LogP contribution in [0.5, 0.6) is 0 Å². The summed E-state index contributed by atoms with van der Waals surface area (Å²) in [6.07, 6.45) is 11.2. The number of halogens is 2. The Bertz CT molecular complexity index is 949. The van der Waals surface area contributed by atoms with E-state index in [9.17, 15) is 8.78 Å². The van der Waals surface area contributed by atoms with Crippen molar-refractivity contribution in [1.29, 1.82) is 5.41 Å². The first-order valence-electron chi connectivity index (χ1n) is 10.3. The number of hydrogen-bond donors (Lipinski definition) is 4. The zero-order valence-corrected chi connectivity index (χ0v) is 17.1. The van der Waals surface area contributed by atoms with Crippen molar-refractivity contribution in [2.75, 3.05) is 11.1 Å². The van der Waals surface area contributed by atoms with Crippen molar-refractivity contribution < 1.29 is 18.7 Å². The van der Waals surface area contributed by atoms with Crippen LogP contribution in [0.1, 0.15) is 62.8 Å². The van der Waals surface area contributed by atoms with Crippen LogP contribution < -0.4 is 11.1 Å². The van der Waals surface area contributed by atoms with Crippen LogP contribution in [0, 0.1) is 22.5 Å². The van der Waals surface area contributed by atoms with E-state index in [0.717, 1.165) is 50.6 Å². The van der Waals surface area contributed by atoms with Crippen LogP contribution in [0.25, 0.3) is 0 Å². The second kappa shape index (κ2) is 9.76. The minimum atomic E-state index is -0.611. The summed E-state index contributed by atoms with van der Waals surface area (Å²) >= 11 is 0. The molecular weight excluding hydrogens is 406 g/mol. The number of rotatable bonds is 4. The molecule has 0 amide bonds. The fourth-order valence-corrected chi connectivity index (χ4v) is 4.73. The van der Waals surface area contributed by atoms with Crippen LogP contribution in [-0.4, -0.2) is 38.3 Å². The van der Waals surface area contributed by atoms with Gasteiger partial charge in [-0.15, -0.1) is 0 Å². The van der Waals surface area contributed by atoms with E-state index in [-0.39, 0.29) is 46.7 Å². The topological polar surface area (TPSA) is 138 Å². The molecule has 5 N–H and O–H groups in total. The molecule has 1 unspecified atom stereocenters. The maximum atomic E-state index is 14.5. The molecule has 0 radical (unpaired) electrons. The summed E-state index contributed by atoms with van der Waals surface area (Å²) in [7, 11) is 0. The number of nitrogens with zero attached hydrogens (tertiary/aromatic N) is 3. The van der Waals surface area contributed by atoms with Crippen molar-refractivity contribution in [2.45, 2.75) is 57.4 Å². The number of aromatic nitrogens is 3. The van der Waals surface area contributed by atoms with Gasteiger partial charge in [-0.2, -0.15) is 0 Å². The van der Waals surface area contributed by atoms with Gasteiger partial charge < -0.3 is 16.2 Å². The van der Waals surface area contributed by atoms with Gasteiger partial charge >= 0.3 is 0 Å². The number of pyridine rings is 1. The molecule has 31 heavy (non-hydrogen) atoms. The van der Waals surface area contributed by atoms with Gasteiger partial charge in [0.1, 0.15) is 17.3 Å². The number of nitrogens with one attached hydrogen (secondary N) is 2. The lowest BCUT2D eigenvalue weighted by molar-refractivity contribution is -0.122.